The maximum atomic E-state index is 12.2. The Kier molecular flexibility index (Phi) is 4.56. The third-order valence-electron chi connectivity index (χ3n) is 3.41. The third-order valence-corrected chi connectivity index (χ3v) is 3.41. The number of amides is 1. The Labute approximate surface area is 102 Å². The minimum Gasteiger partial charge on any atom is -0.481 e. The van der Waals surface area contributed by atoms with Crippen LogP contribution in [0.2, 0.25) is 0 Å². The first-order chi connectivity index (χ1) is 8.01. The Morgan fingerprint density at radius 3 is 2.47 bits per heavy atom. The molecule has 0 aliphatic heterocycles. The number of carbonyl (C=O) groups excluding carboxylic acids is 1. The van der Waals surface area contributed by atoms with Crippen molar-refractivity contribution in [1.29, 1.82) is 0 Å². The van der Waals surface area contributed by atoms with Gasteiger partial charge in [-0.3, -0.25) is 9.59 Å². The molecule has 1 rings (SSSR count). The molecule has 4 heteroatoms. The molecule has 1 aliphatic carbocycles. The molecule has 0 aromatic carbocycles. The highest BCUT2D eigenvalue weighted by molar-refractivity contribution is 5.85. The van der Waals surface area contributed by atoms with E-state index in [1.807, 2.05) is 13.8 Å². The molecule has 1 amide bonds. The standard InChI is InChI=1S/C13H19NO3/c1-4-6-14(5-2)12(15)10-7-9(3)8-11(10)13(16)17/h1,9-11H,5-8H2,2-3H3,(H,16,17)/t9?,10-,11+/m0/s1. The van der Waals surface area contributed by atoms with Gasteiger partial charge in [0, 0.05) is 6.54 Å². The van der Waals surface area contributed by atoms with E-state index in [4.69, 9.17) is 11.5 Å². The van der Waals surface area contributed by atoms with Gasteiger partial charge < -0.3 is 10.0 Å². The van der Waals surface area contributed by atoms with Crippen LogP contribution >= 0.6 is 0 Å². The van der Waals surface area contributed by atoms with E-state index in [2.05, 4.69) is 5.92 Å². The minimum atomic E-state index is -0.871. The summed E-state index contributed by atoms with van der Waals surface area (Å²) in [5.74, 6) is 0.785. The summed E-state index contributed by atoms with van der Waals surface area (Å²) in [5, 5.41) is 9.12. The topological polar surface area (TPSA) is 57.6 Å². The van der Waals surface area contributed by atoms with Crippen LogP contribution in [0.3, 0.4) is 0 Å². The first kappa shape index (κ1) is 13.6. The zero-order valence-electron chi connectivity index (χ0n) is 10.3. The fraction of sp³-hybridized carbons (Fsp3) is 0.692. The summed E-state index contributed by atoms with van der Waals surface area (Å²) in [6, 6.07) is 0. The van der Waals surface area contributed by atoms with Crippen molar-refractivity contribution in [3.8, 4) is 12.3 Å². The lowest BCUT2D eigenvalue weighted by Gasteiger charge is -2.24. The molecule has 0 saturated heterocycles. The van der Waals surface area contributed by atoms with Crippen LogP contribution in [-0.2, 0) is 9.59 Å². The van der Waals surface area contributed by atoms with Crippen molar-refractivity contribution in [2.24, 2.45) is 17.8 Å². The molecule has 4 nitrogen and oxygen atoms in total. The van der Waals surface area contributed by atoms with Crippen molar-refractivity contribution in [2.45, 2.75) is 26.7 Å². The number of aliphatic carboxylic acids is 1. The van der Waals surface area contributed by atoms with Gasteiger partial charge in [-0.2, -0.15) is 0 Å². The number of rotatable bonds is 4. The minimum absolute atomic E-state index is 0.109. The summed E-state index contributed by atoms with van der Waals surface area (Å²) in [5.41, 5.74) is 0. The first-order valence-electron chi connectivity index (χ1n) is 5.96. The van der Waals surface area contributed by atoms with Crippen LogP contribution in [0, 0.1) is 30.1 Å². The second kappa shape index (κ2) is 5.72. The van der Waals surface area contributed by atoms with Gasteiger partial charge in [0.15, 0.2) is 0 Å². The zero-order valence-corrected chi connectivity index (χ0v) is 10.3. The maximum absolute atomic E-state index is 12.2. The van der Waals surface area contributed by atoms with Crippen LogP contribution in [0.4, 0.5) is 0 Å². The average Bonchev–Trinajstić information content (AvgIpc) is 2.67. The van der Waals surface area contributed by atoms with Crippen molar-refractivity contribution < 1.29 is 14.7 Å². The van der Waals surface area contributed by atoms with E-state index in [1.165, 1.54) is 0 Å². The van der Waals surface area contributed by atoms with Crippen molar-refractivity contribution in [3.05, 3.63) is 0 Å². The predicted octanol–water partition coefficient (Wildman–Crippen LogP) is 1.22. The SMILES string of the molecule is C#CCN(CC)C(=O)[C@H]1CC(C)C[C@H]1C(=O)O. The Morgan fingerprint density at radius 2 is 2.00 bits per heavy atom. The third kappa shape index (κ3) is 3.00. The largest absolute Gasteiger partial charge is 0.481 e. The molecule has 1 N–H and O–H groups in total. The van der Waals surface area contributed by atoms with Gasteiger partial charge in [-0.25, -0.2) is 0 Å². The van der Waals surface area contributed by atoms with Crippen LogP contribution in [0.15, 0.2) is 0 Å². The lowest BCUT2D eigenvalue weighted by Crippen LogP contribution is -2.39. The molecule has 17 heavy (non-hydrogen) atoms. The Balaban J connectivity index is 2.79. The molecule has 3 atom stereocenters. The fourth-order valence-electron chi connectivity index (χ4n) is 2.53. The molecule has 1 aliphatic rings. The molecule has 1 fully saturated rings. The molecule has 0 spiro atoms. The highest BCUT2D eigenvalue weighted by Crippen LogP contribution is 2.37. The van der Waals surface area contributed by atoms with Crippen molar-refractivity contribution in [3.63, 3.8) is 0 Å². The van der Waals surface area contributed by atoms with Gasteiger partial charge >= 0.3 is 5.97 Å². The van der Waals surface area contributed by atoms with Crippen LogP contribution in [0.5, 0.6) is 0 Å². The number of carbonyl (C=O) groups is 2. The highest BCUT2D eigenvalue weighted by Gasteiger charge is 2.42. The number of carboxylic acids is 1. The summed E-state index contributed by atoms with van der Waals surface area (Å²) in [7, 11) is 0. The highest BCUT2D eigenvalue weighted by atomic mass is 16.4. The van der Waals surface area contributed by atoms with Crippen LogP contribution in [0.25, 0.3) is 0 Å². The lowest BCUT2D eigenvalue weighted by molar-refractivity contribution is -0.148. The van der Waals surface area contributed by atoms with E-state index in [1.54, 1.807) is 4.90 Å². The van der Waals surface area contributed by atoms with E-state index in [0.29, 0.717) is 19.4 Å². The van der Waals surface area contributed by atoms with E-state index in [9.17, 15) is 9.59 Å². The van der Waals surface area contributed by atoms with Gasteiger partial charge in [-0.15, -0.1) is 6.42 Å². The van der Waals surface area contributed by atoms with Gasteiger partial charge in [0.1, 0.15) is 0 Å². The van der Waals surface area contributed by atoms with Crippen LogP contribution in [-0.4, -0.2) is 35.0 Å². The summed E-state index contributed by atoms with van der Waals surface area (Å²) in [6.07, 6.45) is 6.44. The number of hydrogen-bond acceptors (Lipinski definition) is 2. The summed E-state index contributed by atoms with van der Waals surface area (Å²) in [4.78, 5) is 24.9. The molecule has 0 heterocycles. The summed E-state index contributed by atoms with van der Waals surface area (Å²) >= 11 is 0. The number of hydrogen-bond donors (Lipinski definition) is 1. The molecule has 0 aromatic rings. The van der Waals surface area contributed by atoms with E-state index in [-0.39, 0.29) is 18.4 Å². The lowest BCUT2D eigenvalue weighted by atomic mass is 9.95. The van der Waals surface area contributed by atoms with Gasteiger partial charge in [0.05, 0.1) is 18.4 Å². The second-order valence-electron chi connectivity index (χ2n) is 4.68. The maximum Gasteiger partial charge on any atom is 0.307 e. The molecule has 0 radical (unpaired) electrons. The number of terminal acetylenes is 1. The van der Waals surface area contributed by atoms with Crippen molar-refractivity contribution in [1.82, 2.24) is 4.90 Å². The van der Waals surface area contributed by atoms with E-state index in [0.717, 1.165) is 0 Å². The Bertz CT molecular complexity index is 345. The molecule has 94 valence electrons. The van der Waals surface area contributed by atoms with E-state index < -0.39 is 17.8 Å². The Morgan fingerprint density at radius 1 is 1.41 bits per heavy atom. The van der Waals surface area contributed by atoms with Crippen molar-refractivity contribution in [2.75, 3.05) is 13.1 Å². The summed E-state index contributed by atoms with van der Waals surface area (Å²) < 4.78 is 0. The number of nitrogens with zero attached hydrogens (tertiary/aromatic N) is 1. The molecular formula is C13H19NO3. The summed E-state index contributed by atoms with van der Waals surface area (Å²) in [6.45, 7) is 4.62. The molecule has 1 saturated carbocycles. The quantitative estimate of drug-likeness (QED) is 0.748. The predicted molar refractivity (Wildman–Crippen MR) is 64.1 cm³/mol. The van der Waals surface area contributed by atoms with Gasteiger partial charge in [-0.1, -0.05) is 12.8 Å². The fourth-order valence-corrected chi connectivity index (χ4v) is 2.53. The van der Waals surface area contributed by atoms with Crippen LogP contribution in [0.1, 0.15) is 26.7 Å². The number of carboxylic acid groups (broad SMARTS) is 1. The second-order valence-corrected chi connectivity index (χ2v) is 4.68. The normalized spacial score (nSPS) is 27.5. The van der Waals surface area contributed by atoms with E-state index >= 15 is 0 Å². The Hall–Kier alpha value is -1.50. The zero-order chi connectivity index (χ0) is 13.0. The van der Waals surface area contributed by atoms with Gasteiger partial charge in [0.25, 0.3) is 0 Å². The smallest absolute Gasteiger partial charge is 0.307 e. The van der Waals surface area contributed by atoms with Gasteiger partial charge in [-0.05, 0) is 25.7 Å². The van der Waals surface area contributed by atoms with Crippen LogP contribution < -0.4 is 0 Å². The molecule has 1 unspecified atom stereocenters. The monoisotopic (exact) mass is 237 g/mol. The first-order valence-corrected chi connectivity index (χ1v) is 5.96. The molecule has 0 bridgehead atoms. The average molecular weight is 237 g/mol. The van der Waals surface area contributed by atoms with Gasteiger partial charge in [0.2, 0.25) is 5.91 Å². The molecular weight excluding hydrogens is 218 g/mol. The van der Waals surface area contributed by atoms with Crippen molar-refractivity contribution >= 4 is 11.9 Å². The molecule has 0 aromatic heterocycles.